The zero-order valence-corrected chi connectivity index (χ0v) is 16.0. The van der Waals surface area contributed by atoms with Gasteiger partial charge in [-0.25, -0.2) is 4.98 Å². The van der Waals surface area contributed by atoms with E-state index in [2.05, 4.69) is 46.6 Å². The summed E-state index contributed by atoms with van der Waals surface area (Å²) < 4.78 is 0. The summed E-state index contributed by atoms with van der Waals surface area (Å²) in [5.41, 5.74) is 10.3. The Kier molecular flexibility index (Phi) is 6.16. The Hall–Kier alpha value is -2.34. The fourth-order valence-electron chi connectivity index (χ4n) is 3.47. The third-order valence-corrected chi connectivity index (χ3v) is 4.96. The molecule has 1 aliphatic rings. The molecule has 0 unspecified atom stereocenters. The van der Waals surface area contributed by atoms with Crippen LogP contribution in [0.15, 0.2) is 54.6 Å². The first kappa shape index (κ1) is 19.4. The van der Waals surface area contributed by atoms with Crippen molar-refractivity contribution >= 4 is 34.8 Å². The van der Waals surface area contributed by atoms with Crippen molar-refractivity contribution in [1.29, 1.82) is 0 Å². The number of benzene rings is 2. The van der Waals surface area contributed by atoms with Crippen LogP contribution >= 0.6 is 12.4 Å². The third kappa shape index (κ3) is 4.16. The lowest BCUT2D eigenvalue weighted by Gasteiger charge is -2.30. The van der Waals surface area contributed by atoms with Crippen molar-refractivity contribution in [3.63, 3.8) is 0 Å². The molecule has 5 nitrogen and oxygen atoms in total. The van der Waals surface area contributed by atoms with E-state index >= 15 is 0 Å². The lowest BCUT2D eigenvalue weighted by atomic mass is 10.00. The molecule has 0 saturated carbocycles. The molecule has 4 N–H and O–H groups in total. The number of nitrogens with zero attached hydrogens (tertiary/aromatic N) is 2. The van der Waals surface area contributed by atoms with Gasteiger partial charge in [0.2, 0.25) is 0 Å². The number of aliphatic hydroxyl groups is 1. The highest BCUT2D eigenvalue weighted by atomic mass is 35.5. The first-order valence-electron chi connectivity index (χ1n) is 9.08. The highest BCUT2D eigenvalue weighted by Crippen LogP contribution is 2.30. The van der Waals surface area contributed by atoms with Crippen molar-refractivity contribution in [2.75, 3.05) is 29.9 Å². The molecule has 0 spiro atoms. The number of nitrogens with two attached hydrogens (primary N) is 1. The second kappa shape index (κ2) is 8.57. The van der Waals surface area contributed by atoms with Gasteiger partial charge in [0.05, 0.1) is 11.6 Å². The molecule has 0 aliphatic carbocycles. The van der Waals surface area contributed by atoms with Crippen LogP contribution in [0.25, 0.3) is 10.9 Å². The van der Waals surface area contributed by atoms with Gasteiger partial charge in [-0.1, -0.05) is 42.5 Å². The molecular weight excluding hydrogens is 360 g/mol. The van der Waals surface area contributed by atoms with Gasteiger partial charge in [0, 0.05) is 43.3 Å². The predicted molar refractivity (Wildman–Crippen MR) is 114 cm³/mol. The summed E-state index contributed by atoms with van der Waals surface area (Å²) >= 11 is 0. The second-order valence-electron chi connectivity index (χ2n) is 6.76. The summed E-state index contributed by atoms with van der Waals surface area (Å²) in [5.74, 6) is 0.961. The molecule has 0 saturated heterocycles. The van der Waals surface area contributed by atoms with Crippen LogP contribution in [-0.4, -0.2) is 35.8 Å². The zero-order valence-electron chi connectivity index (χ0n) is 15.1. The minimum absolute atomic E-state index is 0. The van der Waals surface area contributed by atoms with Gasteiger partial charge in [-0.15, -0.1) is 12.4 Å². The third-order valence-electron chi connectivity index (χ3n) is 4.96. The SMILES string of the molecule is Cl.NC[C@H](O)CNc1cc(N2CCc3ccccc3C2)nc2ccccc12. The molecule has 6 heteroatoms. The van der Waals surface area contributed by atoms with Crippen molar-refractivity contribution in [1.82, 2.24) is 4.98 Å². The fourth-order valence-corrected chi connectivity index (χ4v) is 3.47. The summed E-state index contributed by atoms with van der Waals surface area (Å²) in [7, 11) is 0. The Morgan fingerprint density at radius 1 is 1.11 bits per heavy atom. The number of hydrogen-bond acceptors (Lipinski definition) is 5. The number of aromatic nitrogens is 1. The highest BCUT2D eigenvalue weighted by molar-refractivity contribution is 5.93. The fraction of sp³-hybridized carbons (Fsp3) is 0.286. The highest BCUT2D eigenvalue weighted by Gasteiger charge is 2.18. The van der Waals surface area contributed by atoms with Crippen LogP contribution in [0, 0.1) is 0 Å². The van der Waals surface area contributed by atoms with Gasteiger partial charge < -0.3 is 21.1 Å². The molecule has 4 rings (SSSR count). The maximum atomic E-state index is 9.81. The first-order valence-corrected chi connectivity index (χ1v) is 9.08. The van der Waals surface area contributed by atoms with Crippen molar-refractivity contribution in [3.05, 3.63) is 65.7 Å². The predicted octanol–water partition coefficient (Wildman–Crippen LogP) is 2.95. The van der Waals surface area contributed by atoms with Crippen LogP contribution in [0.1, 0.15) is 11.1 Å². The van der Waals surface area contributed by atoms with Crippen LogP contribution < -0.4 is 16.0 Å². The minimum Gasteiger partial charge on any atom is -0.390 e. The van der Waals surface area contributed by atoms with Gasteiger partial charge in [-0.05, 0) is 23.6 Å². The Balaban J connectivity index is 0.00000210. The molecule has 2 heterocycles. The molecule has 142 valence electrons. The standard InChI is InChI=1S/C21H24N4O.ClH/c22-12-17(26)13-23-20-11-21(24-19-8-4-3-7-18(19)20)25-10-9-15-5-1-2-6-16(15)14-25;/h1-8,11,17,26H,9-10,12-14,22H2,(H,23,24);1H/t17-;/m0./s1. The average Bonchev–Trinajstić information content (AvgIpc) is 2.71. The number of anilines is 2. The quantitative estimate of drug-likeness (QED) is 0.630. The van der Waals surface area contributed by atoms with E-state index in [0.717, 1.165) is 41.9 Å². The van der Waals surface area contributed by atoms with E-state index in [1.807, 2.05) is 18.2 Å². The van der Waals surface area contributed by atoms with Crippen molar-refractivity contribution in [2.45, 2.75) is 19.1 Å². The van der Waals surface area contributed by atoms with Gasteiger partial charge in [0.15, 0.2) is 0 Å². The van der Waals surface area contributed by atoms with Crippen molar-refractivity contribution < 1.29 is 5.11 Å². The smallest absolute Gasteiger partial charge is 0.131 e. The van der Waals surface area contributed by atoms with Gasteiger partial charge in [0.25, 0.3) is 0 Å². The molecule has 3 aromatic rings. The van der Waals surface area contributed by atoms with Crippen LogP contribution in [0.4, 0.5) is 11.5 Å². The van der Waals surface area contributed by atoms with Crippen molar-refractivity contribution in [3.8, 4) is 0 Å². The normalized spacial score (nSPS) is 14.4. The molecule has 1 atom stereocenters. The maximum absolute atomic E-state index is 9.81. The topological polar surface area (TPSA) is 74.4 Å². The number of nitrogens with one attached hydrogen (secondary N) is 1. The van der Waals surface area contributed by atoms with E-state index in [0.29, 0.717) is 6.54 Å². The van der Waals surface area contributed by atoms with Gasteiger partial charge in [-0.3, -0.25) is 0 Å². The van der Waals surface area contributed by atoms with Crippen LogP contribution in [0.3, 0.4) is 0 Å². The number of aliphatic hydroxyl groups excluding tert-OH is 1. The molecule has 0 fully saturated rings. The number of fused-ring (bicyclic) bond motifs is 2. The molecule has 0 radical (unpaired) electrons. The molecule has 0 amide bonds. The summed E-state index contributed by atoms with van der Waals surface area (Å²) in [6, 6.07) is 18.8. The van der Waals surface area contributed by atoms with E-state index in [4.69, 9.17) is 10.7 Å². The number of hydrogen-bond donors (Lipinski definition) is 3. The lowest BCUT2D eigenvalue weighted by molar-refractivity contribution is 0.196. The number of halogens is 1. The molecule has 2 aromatic carbocycles. The monoisotopic (exact) mass is 384 g/mol. The lowest BCUT2D eigenvalue weighted by Crippen LogP contribution is -2.31. The Bertz CT molecular complexity index is 918. The van der Waals surface area contributed by atoms with Crippen LogP contribution in [-0.2, 0) is 13.0 Å². The van der Waals surface area contributed by atoms with Gasteiger partial charge >= 0.3 is 0 Å². The summed E-state index contributed by atoms with van der Waals surface area (Å²) in [6.07, 6.45) is 0.464. The molecule has 27 heavy (non-hydrogen) atoms. The Morgan fingerprint density at radius 3 is 2.67 bits per heavy atom. The van der Waals surface area contributed by atoms with Crippen molar-refractivity contribution in [2.24, 2.45) is 5.73 Å². The summed E-state index contributed by atoms with van der Waals surface area (Å²) in [6.45, 7) is 2.48. The van der Waals surface area contributed by atoms with Crippen LogP contribution in [0.2, 0.25) is 0 Å². The molecular formula is C21H25ClN4O. The van der Waals surface area contributed by atoms with Crippen LogP contribution in [0.5, 0.6) is 0 Å². The molecule has 1 aromatic heterocycles. The number of para-hydroxylation sites is 1. The molecule has 0 bridgehead atoms. The van der Waals surface area contributed by atoms with E-state index in [1.54, 1.807) is 0 Å². The van der Waals surface area contributed by atoms with Gasteiger partial charge in [0.1, 0.15) is 5.82 Å². The largest absolute Gasteiger partial charge is 0.390 e. The number of rotatable bonds is 5. The maximum Gasteiger partial charge on any atom is 0.131 e. The van der Waals surface area contributed by atoms with E-state index in [9.17, 15) is 5.11 Å². The summed E-state index contributed by atoms with van der Waals surface area (Å²) in [5, 5.41) is 14.2. The second-order valence-corrected chi connectivity index (χ2v) is 6.76. The first-order chi connectivity index (χ1) is 12.7. The number of pyridine rings is 1. The Labute approximate surface area is 165 Å². The molecule has 1 aliphatic heterocycles. The van der Waals surface area contributed by atoms with E-state index < -0.39 is 6.10 Å². The Morgan fingerprint density at radius 2 is 1.85 bits per heavy atom. The average molecular weight is 385 g/mol. The van der Waals surface area contributed by atoms with Gasteiger partial charge in [-0.2, -0.15) is 0 Å². The van der Waals surface area contributed by atoms with E-state index in [1.165, 1.54) is 11.1 Å². The summed E-state index contributed by atoms with van der Waals surface area (Å²) in [4.78, 5) is 7.20. The zero-order chi connectivity index (χ0) is 17.9. The minimum atomic E-state index is -0.563. The van der Waals surface area contributed by atoms with E-state index in [-0.39, 0.29) is 19.0 Å².